The van der Waals surface area contributed by atoms with Crippen molar-refractivity contribution in [1.82, 2.24) is 9.88 Å². The molecule has 4 heteroatoms. The first-order valence-corrected chi connectivity index (χ1v) is 7.92. The van der Waals surface area contributed by atoms with E-state index in [-0.39, 0.29) is 0 Å². The maximum Gasteiger partial charge on any atom is 0.168 e. The molecule has 20 heavy (non-hydrogen) atoms. The minimum atomic E-state index is 0.747. The molecular weight excluding hydrogens is 250 g/mol. The average Bonchev–Trinajstić information content (AvgIpc) is 3.23. The summed E-state index contributed by atoms with van der Waals surface area (Å²) in [5, 5.41) is 3.48. The number of nitrogens with zero attached hydrogens (tertiary/aromatic N) is 2. The van der Waals surface area contributed by atoms with E-state index in [4.69, 9.17) is 4.74 Å². The van der Waals surface area contributed by atoms with Gasteiger partial charge in [-0.15, -0.1) is 0 Å². The van der Waals surface area contributed by atoms with Gasteiger partial charge in [-0.2, -0.15) is 0 Å². The van der Waals surface area contributed by atoms with Gasteiger partial charge < -0.3 is 15.0 Å². The molecule has 2 heterocycles. The normalized spacial score (nSPS) is 22.9. The van der Waals surface area contributed by atoms with Crippen LogP contribution in [0.4, 0.5) is 5.82 Å². The van der Waals surface area contributed by atoms with Gasteiger partial charge in [0.05, 0.1) is 6.61 Å². The van der Waals surface area contributed by atoms with Crippen LogP contribution >= 0.6 is 0 Å². The largest absolute Gasteiger partial charge is 0.490 e. The highest BCUT2D eigenvalue weighted by molar-refractivity contribution is 5.49. The molecule has 1 aliphatic carbocycles. The Morgan fingerprint density at radius 2 is 2.30 bits per heavy atom. The van der Waals surface area contributed by atoms with E-state index in [1.165, 1.54) is 32.4 Å². The van der Waals surface area contributed by atoms with Gasteiger partial charge in [-0.05, 0) is 50.3 Å². The molecule has 110 valence electrons. The highest BCUT2D eigenvalue weighted by atomic mass is 16.5. The van der Waals surface area contributed by atoms with E-state index < -0.39 is 0 Å². The fraction of sp³-hybridized carbons (Fsp3) is 0.688. The molecule has 1 unspecified atom stereocenters. The van der Waals surface area contributed by atoms with Gasteiger partial charge in [-0.1, -0.05) is 6.92 Å². The van der Waals surface area contributed by atoms with Gasteiger partial charge in [-0.3, -0.25) is 0 Å². The Hall–Kier alpha value is -1.29. The topological polar surface area (TPSA) is 37.4 Å². The van der Waals surface area contributed by atoms with Crippen LogP contribution in [0, 0.1) is 5.92 Å². The molecule has 1 saturated carbocycles. The molecule has 0 bridgehead atoms. The standard InChI is InChI=1S/C16H25N3O/c1-2-10-20-15-4-3-8-17-16(15)18-11-13-7-9-19(12-13)14-5-6-14/h3-4,8,13-14H,2,5-7,9-12H2,1H3,(H,17,18). The molecule has 2 fully saturated rings. The molecule has 3 rings (SSSR count). The number of hydrogen-bond donors (Lipinski definition) is 1. The van der Waals surface area contributed by atoms with Crippen LogP contribution in [0.15, 0.2) is 18.3 Å². The molecule has 1 atom stereocenters. The van der Waals surface area contributed by atoms with E-state index in [2.05, 4.69) is 22.1 Å². The third-order valence-corrected chi connectivity index (χ3v) is 4.17. The summed E-state index contributed by atoms with van der Waals surface area (Å²) < 4.78 is 5.74. The molecule has 1 saturated heterocycles. The number of hydrogen-bond acceptors (Lipinski definition) is 4. The van der Waals surface area contributed by atoms with E-state index in [0.29, 0.717) is 0 Å². The minimum absolute atomic E-state index is 0.747. The zero-order chi connectivity index (χ0) is 13.8. The van der Waals surface area contributed by atoms with Crippen LogP contribution in [0.25, 0.3) is 0 Å². The molecule has 1 aliphatic heterocycles. The van der Waals surface area contributed by atoms with Gasteiger partial charge >= 0.3 is 0 Å². The van der Waals surface area contributed by atoms with E-state index in [1.807, 2.05) is 18.3 Å². The third kappa shape index (κ3) is 3.42. The second-order valence-corrected chi connectivity index (χ2v) is 5.96. The van der Waals surface area contributed by atoms with Crippen LogP contribution in [0.1, 0.15) is 32.6 Å². The molecule has 2 aliphatic rings. The molecule has 0 aromatic carbocycles. The Kier molecular flexibility index (Phi) is 4.41. The highest BCUT2D eigenvalue weighted by Gasteiger charge is 2.34. The van der Waals surface area contributed by atoms with Crippen molar-refractivity contribution < 1.29 is 4.74 Å². The van der Waals surface area contributed by atoms with Gasteiger partial charge in [0.25, 0.3) is 0 Å². The maximum atomic E-state index is 5.74. The lowest BCUT2D eigenvalue weighted by atomic mass is 10.1. The van der Waals surface area contributed by atoms with Crippen molar-refractivity contribution in [2.45, 2.75) is 38.6 Å². The first-order chi connectivity index (χ1) is 9.86. The molecule has 0 amide bonds. The predicted octanol–water partition coefficient (Wildman–Crippen LogP) is 2.77. The van der Waals surface area contributed by atoms with Gasteiger partial charge in [0.15, 0.2) is 11.6 Å². The van der Waals surface area contributed by atoms with Crippen molar-refractivity contribution in [2.75, 3.05) is 31.6 Å². The molecule has 4 nitrogen and oxygen atoms in total. The second kappa shape index (κ2) is 6.44. The second-order valence-electron chi connectivity index (χ2n) is 5.96. The zero-order valence-electron chi connectivity index (χ0n) is 12.3. The van der Waals surface area contributed by atoms with E-state index in [1.54, 1.807) is 0 Å². The SMILES string of the molecule is CCCOc1cccnc1NCC1CCN(C2CC2)C1. The van der Waals surface area contributed by atoms with Crippen molar-refractivity contribution in [3.63, 3.8) is 0 Å². The Morgan fingerprint density at radius 1 is 1.40 bits per heavy atom. The lowest BCUT2D eigenvalue weighted by molar-refractivity contribution is 0.314. The number of rotatable bonds is 7. The van der Waals surface area contributed by atoms with Gasteiger partial charge in [0, 0.05) is 25.3 Å². The van der Waals surface area contributed by atoms with Crippen molar-refractivity contribution in [3.05, 3.63) is 18.3 Å². The summed E-state index contributed by atoms with van der Waals surface area (Å²) in [6, 6.07) is 4.83. The molecule has 1 N–H and O–H groups in total. The summed E-state index contributed by atoms with van der Waals surface area (Å²) >= 11 is 0. The zero-order valence-corrected chi connectivity index (χ0v) is 12.3. The third-order valence-electron chi connectivity index (χ3n) is 4.17. The van der Waals surface area contributed by atoms with Crippen molar-refractivity contribution >= 4 is 5.82 Å². The van der Waals surface area contributed by atoms with Crippen molar-refractivity contribution in [2.24, 2.45) is 5.92 Å². The van der Waals surface area contributed by atoms with Crippen LogP contribution in [0.2, 0.25) is 0 Å². The number of pyridine rings is 1. The molecule has 1 aromatic rings. The molecule has 0 spiro atoms. The highest BCUT2D eigenvalue weighted by Crippen LogP contribution is 2.32. The van der Waals surface area contributed by atoms with Crippen LogP contribution in [0.5, 0.6) is 5.75 Å². The van der Waals surface area contributed by atoms with Crippen molar-refractivity contribution in [1.29, 1.82) is 0 Å². The molecule has 1 aromatic heterocycles. The summed E-state index contributed by atoms with van der Waals surface area (Å²) in [6.07, 6.45) is 6.98. The number of nitrogens with one attached hydrogen (secondary N) is 1. The van der Waals surface area contributed by atoms with Gasteiger partial charge in [0.1, 0.15) is 0 Å². The van der Waals surface area contributed by atoms with E-state index in [9.17, 15) is 0 Å². The fourth-order valence-corrected chi connectivity index (χ4v) is 2.89. The smallest absolute Gasteiger partial charge is 0.168 e. The van der Waals surface area contributed by atoms with E-state index >= 15 is 0 Å². The summed E-state index contributed by atoms with van der Waals surface area (Å²) in [6.45, 7) is 6.39. The monoisotopic (exact) mass is 275 g/mol. The average molecular weight is 275 g/mol. The first-order valence-electron chi connectivity index (χ1n) is 7.92. The van der Waals surface area contributed by atoms with E-state index in [0.717, 1.165) is 43.1 Å². The number of aromatic nitrogens is 1. The number of anilines is 1. The van der Waals surface area contributed by atoms with Gasteiger partial charge in [-0.25, -0.2) is 4.98 Å². The van der Waals surface area contributed by atoms with Crippen LogP contribution in [-0.4, -0.2) is 42.2 Å². The minimum Gasteiger partial charge on any atom is -0.490 e. The predicted molar refractivity (Wildman–Crippen MR) is 81.2 cm³/mol. The first kappa shape index (κ1) is 13.7. The van der Waals surface area contributed by atoms with Crippen LogP contribution in [-0.2, 0) is 0 Å². The Morgan fingerprint density at radius 3 is 3.10 bits per heavy atom. The summed E-state index contributed by atoms with van der Waals surface area (Å²) in [4.78, 5) is 7.06. The fourth-order valence-electron chi connectivity index (χ4n) is 2.89. The number of ether oxygens (including phenoxy) is 1. The Bertz CT molecular complexity index is 433. The maximum absolute atomic E-state index is 5.74. The summed E-state index contributed by atoms with van der Waals surface area (Å²) in [5.41, 5.74) is 0. The lowest BCUT2D eigenvalue weighted by Crippen LogP contribution is -2.25. The van der Waals surface area contributed by atoms with Crippen LogP contribution in [0.3, 0.4) is 0 Å². The lowest BCUT2D eigenvalue weighted by Gasteiger charge is -2.16. The quantitative estimate of drug-likeness (QED) is 0.830. The summed E-state index contributed by atoms with van der Waals surface area (Å²) in [5.74, 6) is 2.52. The van der Waals surface area contributed by atoms with Crippen molar-refractivity contribution in [3.8, 4) is 5.75 Å². The number of likely N-dealkylation sites (tertiary alicyclic amines) is 1. The molecular formula is C16H25N3O. The molecule has 0 radical (unpaired) electrons. The Balaban J connectivity index is 1.50. The summed E-state index contributed by atoms with van der Waals surface area (Å²) in [7, 11) is 0. The van der Waals surface area contributed by atoms with Gasteiger partial charge in [0.2, 0.25) is 0 Å². The Labute approximate surface area is 121 Å². The van der Waals surface area contributed by atoms with Crippen LogP contribution < -0.4 is 10.1 Å².